The molecule has 0 bridgehead atoms. The third-order valence-corrected chi connectivity index (χ3v) is 7.91. The number of sulfone groups is 1. The van der Waals surface area contributed by atoms with E-state index in [0.717, 1.165) is 10.3 Å². The molecule has 0 amide bonds. The summed E-state index contributed by atoms with van der Waals surface area (Å²) >= 11 is 0. The molecule has 3 aromatic rings. The zero-order valence-electron chi connectivity index (χ0n) is 17.2. The predicted octanol–water partition coefficient (Wildman–Crippen LogP) is 2.39. The standard InChI is InChI=1S/C18H19F3N6O4S2/c1-32(28,29)8-7-22-16-13(18(19,20)21)10-23-17(26-16)25-14-3-2-4-15-12(14)9-24-27(15)33(30,31)11-5-6-11/h2-4,9-11H,5-8H2,1H3,(H2,22,23,25,26). The van der Waals surface area contributed by atoms with Crippen LogP contribution in [0, 0.1) is 0 Å². The monoisotopic (exact) mass is 504 g/mol. The highest BCUT2D eigenvalue weighted by Gasteiger charge is 2.38. The molecule has 0 spiro atoms. The molecule has 2 aromatic heterocycles. The van der Waals surface area contributed by atoms with Gasteiger partial charge in [0.1, 0.15) is 21.2 Å². The van der Waals surface area contributed by atoms with Gasteiger partial charge in [0.15, 0.2) is 0 Å². The molecule has 4 rings (SSSR count). The van der Waals surface area contributed by atoms with Gasteiger partial charge in [-0.05, 0) is 25.0 Å². The van der Waals surface area contributed by atoms with Gasteiger partial charge in [0, 0.05) is 24.4 Å². The van der Waals surface area contributed by atoms with Crippen molar-refractivity contribution in [3.05, 3.63) is 36.2 Å². The van der Waals surface area contributed by atoms with E-state index >= 15 is 0 Å². The molecule has 0 aliphatic heterocycles. The Balaban J connectivity index is 1.66. The highest BCUT2D eigenvalue weighted by Crippen LogP contribution is 2.35. The molecule has 0 saturated heterocycles. The van der Waals surface area contributed by atoms with E-state index in [2.05, 4.69) is 25.7 Å². The van der Waals surface area contributed by atoms with Crippen LogP contribution in [0.4, 0.5) is 30.6 Å². The summed E-state index contributed by atoms with van der Waals surface area (Å²) < 4.78 is 88.7. The van der Waals surface area contributed by atoms with Crippen molar-refractivity contribution in [1.29, 1.82) is 0 Å². The first-order valence-corrected chi connectivity index (χ1v) is 13.3. The molecule has 2 N–H and O–H groups in total. The van der Waals surface area contributed by atoms with Crippen LogP contribution in [0.5, 0.6) is 0 Å². The predicted molar refractivity (Wildman–Crippen MR) is 116 cm³/mol. The number of hydrogen-bond acceptors (Lipinski definition) is 9. The molecule has 1 saturated carbocycles. The van der Waals surface area contributed by atoms with E-state index in [1.165, 1.54) is 6.20 Å². The molecule has 15 heteroatoms. The summed E-state index contributed by atoms with van der Waals surface area (Å²) in [7, 11) is -7.03. The molecule has 2 heterocycles. The third-order valence-electron chi connectivity index (χ3n) is 4.87. The minimum absolute atomic E-state index is 0.199. The number of nitrogens with one attached hydrogen (secondary N) is 2. The number of anilines is 3. The second-order valence-electron chi connectivity index (χ2n) is 7.61. The first-order chi connectivity index (χ1) is 15.4. The minimum Gasteiger partial charge on any atom is -0.368 e. The van der Waals surface area contributed by atoms with Gasteiger partial charge in [0.25, 0.3) is 10.0 Å². The second kappa shape index (κ2) is 8.13. The van der Waals surface area contributed by atoms with Crippen molar-refractivity contribution in [3.63, 3.8) is 0 Å². The zero-order valence-corrected chi connectivity index (χ0v) is 18.8. The number of hydrogen-bond donors (Lipinski definition) is 2. The van der Waals surface area contributed by atoms with E-state index in [0.29, 0.717) is 35.6 Å². The molecule has 0 atom stereocenters. The van der Waals surface area contributed by atoms with E-state index in [9.17, 15) is 30.0 Å². The Hall–Kier alpha value is -2.94. The highest BCUT2D eigenvalue weighted by molar-refractivity contribution is 7.91. The van der Waals surface area contributed by atoms with Gasteiger partial charge in [0.05, 0.1) is 28.4 Å². The second-order valence-corrected chi connectivity index (χ2v) is 11.9. The lowest BCUT2D eigenvalue weighted by Gasteiger charge is -2.15. The first-order valence-electron chi connectivity index (χ1n) is 9.70. The van der Waals surface area contributed by atoms with E-state index in [-0.39, 0.29) is 18.2 Å². The Bertz CT molecular complexity index is 1420. The lowest BCUT2D eigenvalue weighted by Crippen LogP contribution is -2.19. The average molecular weight is 505 g/mol. The summed E-state index contributed by atoms with van der Waals surface area (Å²) in [6.07, 6.45) is -0.737. The number of alkyl halides is 3. The molecular formula is C18H19F3N6O4S2. The topological polar surface area (TPSA) is 136 Å². The van der Waals surface area contributed by atoms with Crippen molar-refractivity contribution in [2.45, 2.75) is 24.3 Å². The maximum absolute atomic E-state index is 13.3. The van der Waals surface area contributed by atoms with Crippen LogP contribution in [-0.4, -0.2) is 59.8 Å². The van der Waals surface area contributed by atoms with Gasteiger partial charge in [-0.2, -0.15) is 27.3 Å². The Labute approximate surface area is 187 Å². The van der Waals surface area contributed by atoms with E-state index < -0.39 is 42.7 Å². The lowest BCUT2D eigenvalue weighted by molar-refractivity contribution is -0.137. The minimum atomic E-state index is -4.76. The van der Waals surface area contributed by atoms with Crippen molar-refractivity contribution in [2.24, 2.45) is 0 Å². The molecule has 33 heavy (non-hydrogen) atoms. The lowest BCUT2D eigenvalue weighted by atomic mass is 10.2. The van der Waals surface area contributed by atoms with E-state index in [1.54, 1.807) is 18.2 Å². The molecule has 1 fully saturated rings. The van der Waals surface area contributed by atoms with Gasteiger partial charge in [-0.3, -0.25) is 0 Å². The highest BCUT2D eigenvalue weighted by atomic mass is 32.2. The largest absolute Gasteiger partial charge is 0.421 e. The fourth-order valence-electron chi connectivity index (χ4n) is 3.11. The fraction of sp³-hybridized carbons (Fsp3) is 0.389. The molecule has 1 aliphatic carbocycles. The Morgan fingerprint density at radius 3 is 2.52 bits per heavy atom. The maximum Gasteiger partial charge on any atom is 0.421 e. The quantitative estimate of drug-likeness (QED) is 0.474. The van der Waals surface area contributed by atoms with Crippen molar-refractivity contribution in [1.82, 2.24) is 19.2 Å². The molecular weight excluding hydrogens is 485 g/mol. The van der Waals surface area contributed by atoms with Gasteiger partial charge >= 0.3 is 6.18 Å². The molecule has 10 nitrogen and oxygen atoms in total. The number of halogens is 3. The summed E-state index contributed by atoms with van der Waals surface area (Å²) in [5.74, 6) is -1.16. The van der Waals surface area contributed by atoms with Gasteiger partial charge < -0.3 is 10.6 Å². The summed E-state index contributed by atoms with van der Waals surface area (Å²) in [6, 6.07) is 4.72. The van der Waals surface area contributed by atoms with Gasteiger partial charge in [-0.15, -0.1) is 0 Å². The Kier molecular flexibility index (Phi) is 5.72. The van der Waals surface area contributed by atoms with Crippen LogP contribution in [0.3, 0.4) is 0 Å². The van der Waals surface area contributed by atoms with Crippen LogP contribution in [0.25, 0.3) is 10.9 Å². The first kappa shape index (κ1) is 23.2. The number of rotatable bonds is 8. The van der Waals surface area contributed by atoms with E-state index in [4.69, 9.17) is 0 Å². The van der Waals surface area contributed by atoms with Crippen LogP contribution < -0.4 is 10.6 Å². The molecule has 0 unspecified atom stereocenters. The molecule has 0 radical (unpaired) electrons. The van der Waals surface area contributed by atoms with E-state index in [1.807, 2.05) is 0 Å². The van der Waals surface area contributed by atoms with Gasteiger partial charge in [0.2, 0.25) is 5.95 Å². The van der Waals surface area contributed by atoms with Gasteiger partial charge in [-0.1, -0.05) is 6.07 Å². The Morgan fingerprint density at radius 2 is 1.88 bits per heavy atom. The SMILES string of the molecule is CS(=O)(=O)CCNc1nc(Nc2cccc3c2cnn3S(=O)(=O)C2CC2)ncc1C(F)(F)F. The fourth-order valence-corrected chi connectivity index (χ4v) is 5.21. The summed E-state index contributed by atoms with van der Waals surface area (Å²) in [5, 5.41) is 9.11. The average Bonchev–Trinajstić information content (AvgIpc) is 3.46. The van der Waals surface area contributed by atoms with Crippen LogP contribution in [-0.2, 0) is 26.0 Å². The number of nitrogens with zero attached hydrogens (tertiary/aromatic N) is 4. The van der Waals surface area contributed by atoms with Crippen molar-refractivity contribution in [2.75, 3.05) is 29.2 Å². The molecule has 178 valence electrons. The van der Waals surface area contributed by atoms with Crippen LogP contribution >= 0.6 is 0 Å². The third kappa shape index (κ3) is 5.03. The van der Waals surface area contributed by atoms with Crippen LogP contribution in [0.15, 0.2) is 30.6 Å². The summed E-state index contributed by atoms with van der Waals surface area (Å²) in [5.41, 5.74) is -0.500. The summed E-state index contributed by atoms with van der Waals surface area (Å²) in [6.45, 7) is -0.278. The van der Waals surface area contributed by atoms with Crippen molar-refractivity contribution < 1.29 is 30.0 Å². The van der Waals surface area contributed by atoms with Crippen molar-refractivity contribution in [3.8, 4) is 0 Å². The van der Waals surface area contributed by atoms with Gasteiger partial charge in [-0.25, -0.2) is 21.8 Å². The number of benzene rings is 1. The van der Waals surface area contributed by atoms with Crippen LogP contribution in [0.1, 0.15) is 18.4 Å². The van der Waals surface area contributed by atoms with Crippen molar-refractivity contribution >= 4 is 48.2 Å². The molecule has 1 aromatic carbocycles. The normalized spacial score (nSPS) is 15.0. The number of aromatic nitrogens is 4. The smallest absolute Gasteiger partial charge is 0.368 e. The van der Waals surface area contributed by atoms with Crippen LogP contribution in [0.2, 0.25) is 0 Å². The molecule has 1 aliphatic rings. The Morgan fingerprint density at radius 1 is 1.15 bits per heavy atom. The number of fused-ring (bicyclic) bond motifs is 1. The zero-order chi connectivity index (χ0) is 24.0. The maximum atomic E-state index is 13.3. The summed E-state index contributed by atoms with van der Waals surface area (Å²) in [4.78, 5) is 7.57.